The highest BCUT2D eigenvalue weighted by Gasteiger charge is 2.22. The Morgan fingerprint density at radius 1 is 1.08 bits per heavy atom. The average Bonchev–Trinajstić information content (AvgIpc) is 2.58. The van der Waals surface area contributed by atoms with Crippen LogP contribution in [0.15, 0.2) is 42.5 Å². The molecule has 0 unspecified atom stereocenters. The standard InChI is InChI=1S/C16H14FN3O5/c1-2-18(10-11-4-3-5-13(17)6-11)16(21)12-7-14(19(22)23)9-15(8-12)20(24)25/h3-9H,2,10H2,1H3. The predicted octanol–water partition coefficient (Wildman–Crippen LogP) is 3.30. The molecule has 9 heteroatoms. The molecule has 1 amide bonds. The fourth-order valence-corrected chi connectivity index (χ4v) is 2.29. The van der Waals surface area contributed by atoms with E-state index in [2.05, 4.69) is 0 Å². The lowest BCUT2D eigenvalue weighted by Crippen LogP contribution is -2.30. The number of benzene rings is 2. The molecule has 0 aliphatic heterocycles. The Hall–Kier alpha value is -3.36. The smallest absolute Gasteiger partial charge is 0.277 e. The van der Waals surface area contributed by atoms with Crippen molar-refractivity contribution < 1.29 is 19.0 Å². The summed E-state index contributed by atoms with van der Waals surface area (Å²) in [5.41, 5.74) is -0.715. The van der Waals surface area contributed by atoms with Crippen molar-refractivity contribution in [3.05, 3.63) is 79.6 Å². The lowest BCUT2D eigenvalue weighted by molar-refractivity contribution is -0.394. The highest BCUT2D eigenvalue weighted by atomic mass is 19.1. The van der Waals surface area contributed by atoms with E-state index in [0.29, 0.717) is 5.56 Å². The Balaban J connectivity index is 2.36. The summed E-state index contributed by atoms with van der Waals surface area (Å²) >= 11 is 0. The molecule has 0 fully saturated rings. The van der Waals surface area contributed by atoms with Crippen LogP contribution in [0.2, 0.25) is 0 Å². The van der Waals surface area contributed by atoms with Crippen LogP contribution in [0.25, 0.3) is 0 Å². The maximum Gasteiger partial charge on any atom is 0.277 e. The van der Waals surface area contributed by atoms with Gasteiger partial charge in [-0.15, -0.1) is 0 Å². The van der Waals surface area contributed by atoms with Gasteiger partial charge in [-0.2, -0.15) is 0 Å². The number of nitro groups is 2. The fourth-order valence-electron chi connectivity index (χ4n) is 2.29. The molecule has 0 bridgehead atoms. The molecule has 0 atom stereocenters. The number of hydrogen-bond donors (Lipinski definition) is 0. The SMILES string of the molecule is CCN(Cc1cccc(F)c1)C(=O)c1cc([N+](=O)[O-])cc([N+](=O)[O-])c1. The predicted molar refractivity (Wildman–Crippen MR) is 86.6 cm³/mol. The van der Waals surface area contributed by atoms with Crippen molar-refractivity contribution >= 4 is 17.3 Å². The van der Waals surface area contributed by atoms with Crippen molar-refractivity contribution in [2.45, 2.75) is 13.5 Å². The number of nitro benzene ring substituents is 2. The van der Waals surface area contributed by atoms with Crippen molar-refractivity contribution in [2.24, 2.45) is 0 Å². The molecule has 0 aliphatic rings. The Labute approximate surface area is 141 Å². The van der Waals surface area contributed by atoms with Crippen LogP contribution in [0.3, 0.4) is 0 Å². The summed E-state index contributed by atoms with van der Waals surface area (Å²) in [7, 11) is 0. The van der Waals surface area contributed by atoms with E-state index in [0.717, 1.165) is 18.2 Å². The van der Waals surface area contributed by atoms with Crippen molar-refractivity contribution in [3.63, 3.8) is 0 Å². The first-order chi connectivity index (χ1) is 11.8. The number of hydrogen-bond acceptors (Lipinski definition) is 5. The fraction of sp³-hybridized carbons (Fsp3) is 0.188. The number of amides is 1. The first-order valence-corrected chi connectivity index (χ1v) is 7.29. The average molecular weight is 347 g/mol. The molecule has 0 N–H and O–H groups in total. The molecule has 0 aliphatic carbocycles. The van der Waals surface area contributed by atoms with Crippen LogP contribution in [-0.2, 0) is 6.54 Å². The summed E-state index contributed by atoms with van der Waals surface area (Å²) in [4.78, 5) is 34.2. The minimum atomic E-state index is -0.799. The molecule has 0 saturated heterocycles. The molecule has 2 aromatic rings. The second kappa shape index (κ2) is 7.47. The molecule has 8 nitrogen and oxygen atoms in total. The van der Waals surface area contributed by atoms with Gasteiger partial charge in [0, 0.05) is 25.2 Å². The second-order valence-electron chi connectivity index (χ2n) is 5.20. The number of nitrogens with zero attached hydrogens (tertiary/aromatic N) is 3. The number of halogens is 1. The minimum Gasteiger partial charge on any atom is -0.335 e. The van der Waals surface area contributed by atoms with Gasteiger partial charge in [0.25, 0.3) is 17.3 Å². The number of rotatable bonds is 6. The van der Waals surface area contributed by atoms with Crippen LogP contribution in [0.5, 0.6) is 0 Å². The Morgan fingerprint density at radius 2 is 1.68 bits per heavy atom. The van der Waals surface area contributed by atoms with Crippen molar-refractivity contribution in [2.75, 3.05) is 6.54 Å². The van der Waals surface area contributed by atoms with E-state index in [1.165, 1.54) is 23.1 Å². The van der Waals surface area contributed by atoms with Crippen LogP contribution >= 0.6 is 0 Å². The number of carbonyl (C=O) groups excluding carboxylic acids is 1. The molecular weight excluding hydrogens is 333 g/mol. The van der Waals surface area contributed by atoms with Crippen LogP contribution in [-0.4, -0.2) is 27.2 Å². The highest BCUT2D eigenvalue weighted by Crippen LogP contribution is 2.24. The third-order valence-corrected chi connectivity index (χ3v) is 3.50. The Bertz CT molecular complexity index is 808. The monoisotopic (exact) mass is 347 g/mol. The van der Waals surface area contributed by atoms with Gasteiger partial charge in [-0.05, 0) is 24.6 Å². The molecule has 25 heavy (non-hydrogen) atoms. The van der Waals surface area contributed by atoms with Crippen LogP contribution in [0.1, 0.15) is 22.8 Å². The van der Waals surface area contributed by atoms with Gasteiger partial charge < -0.3 is 4.90 Å². The molecule has 0 saturated carbocycles. The summed E-state index contributed by atoms with van der Waals surface area (Å²) in [6, 6.07) is 8.44. The topological polar surface area (TPSA) is 107 Å². The van der Waals surface area contributed by atoms with Crippen LogP contribution < -0.4 is 0 Å². The first-order valence-electron chi connectivity index (χ1n) is 7.29. The second-order valence-corrected chi connectivity index (χ2v) is 5.20. The van der Waals surface area contributed by atoms with Crippen LogP contribution in [0, 0.1) is 26.0 Å². The Kier molecular flexibility index (Phi) is 5.38. The maximum atomic E-state index is 13.3. The van der Waals surface area contributed by atoms with Crippen molar-refractivity contribution in [1.29, 1.82) is 0 Å². The van der Waals surface area contributed by atoms with Gasteiger partial charge in [0.1, 0.15) is 5.82 Å². The van der Waals surface area contributed by atoms with Gasteiger partial charge in [0.15, 0.2) is 0 Å². The van der Waals surface area contributed by atoms with E-state index in [-0.39, 0.29) is 18.7 Å². The number of carbonyl (C=O) groups is 1. The third-order valence-electron chi connectivity index (χ3n) is 3.50. The van der Waals surface area contributed by atoms with E-state index in [1.807, 2.05) is 0 Å². The summed E-state index contributed by atoms with van der Waals surface area (Å²) in [5.74, 6) is -1.06. The van der Waals surface area contributed by atoms with Gasteiger partial charge >= 0.3 is 0 Å². The maximum absolute atomic E-state index is 13.3. The van der Waals surface area contributed by atoms with E-state index >= 15 is 0 Å². The lowest BCUT2D eigenvalue weighted by atomic mass is 10.1. The van der Waals surface area contributed by atoms with Crippen molar-refractivity contribution in [1.82, 2.24) is 4.90 Å². The molecule has 0 aromatic heterocycles. The lowest BCUT2D eigenvalue weighted by Gasteiger charge is -2.21. The van der Waals surface area contributed by atoms with E-state index in [1.54, 1.807) is 13.0 Å². The normalized spacial score (nSPS) is 10.3. The molecule has 2 aromatic carbocycles. The van der Waals surface area contributed by atoms with Gasteiger partial charge in [-0.3, -0.25) is 25.0 Å². The van der Waals surface area contributed by atoms with Gasteiger partial charge in [0.05, 0.1) is 21.5 Å². The van der Waals surface area contributed by atoms with Gasteiger partial charge in [-0.1, -0.05) is 12.1 Å². The number of non-ortho nitro benzene ring substituents is 2. The van der Waals surface area contributed by atoms with E-state index in [9.17, 15) is 29.4 Å². The minimum absolute atomic E-state index is 0.0730. The first kappa shape index (κ1) is 18.0. The summed E-state index contributed by atoms with van der Waals surface area (Å²) in [5, 5.41) is 21.9. The van der Waals surface area contributed by atoms with E-state index in [4.69, 9.17) is 0 Å². The summed E-state index contributed by atoms with van der Waals surface area (Å²) < 4.78 is 13.3. The third kappa shape index (κ3) is 4.34. The van der Waals surface area contributed by atoms with Gasteiger partial charge in [0.2, 0.25) is 0 Å². The largest absolute Gasteiger partial charge is 0.335 e. The summed E-state index contributed by atoms with van der Waals surface area (Å²) in [6.45, 7) is 2.00. The molecule has 0 radical (unpaired) electrons. The van der Waals surface area contributed by atoms with Gasteiger partial charge in [-0.25, -0.2) is 4.39 Å². The molecular formula is C16H14FN3O5. The zero-order chi connectivity index (χ0) is 18.6. The zero-order valence-electron chi connectivity index (χ0n) is 13.2. The quantitative estimate of drug-likeness (QED) is 0.588. The molecule has 0 heterocycles. The molecule has 130 valence electrons. The highest BCUT2D eigenvalue weighted by molar-refractivity contribution is 5.95. The summed E-state index contributed by atoms with van der Waals surface area (Å²) in [6.07, 6.45) is 0. The molecule has 2 rings (SSSR count). The zero-order valence-corrected chi connectivity index (χ0v) is 13.2. The van der Waals surface area contributed by atoms with Crippen molar-refractivity contribution in [3.8, 4) is 0 Å². The van der Waals surface area contributed by atoms with E-state index < -0.39 is 32.9 Å². The molecule has 0 spiro atoms. The van der Waals surface area contributed by atoms with Crippen LogP contribution in [0.4, 0.5) is 15.8 Å². The Morgan fingerprint density at radius 3 is 2.16 bits per heavy atom.